The van der Waals surface area contributed by atoms with E-state index in [-0.39, 0.29) is 47.5 Å². The number of rotatable bonds is 8. The summed E-state index contributed by atoms with van der Waals surface area (Å²) in [6.07, 6.45) is 8.85. The number of ketones is 1. The number of carbonyl (C=O) groups is 3. The Morgan fingerprint density at radius 1 is 1.07 bits per heavy atom. The van der Waals surface area contributed by atoms with Gasteiger partial charge in [-0.05, 0) is 106 Å². The van der Waals surface area contributed by atoms with Gasteiger partial charge in [-0.25, -0.2) is 0 Å². The number of amides is 1. The van der Waals surface area contributed by atoms with Crippen LogP contribution in [0.3, 0.4) is 0 Å². The number of hydrogen-bond donors (Lipinski definition) is 5. The molecule has 4 saturated carbocycles. The minimum Gasteiger partial charge on any atom is -0.481 e. The summed E-state index contributed by atoms with van der Waals surface area (Å²) >= 11 is 0. The second-order valence-corrected chi connectivity index (χ2v) is 13.8. The third-order valence-electron chi connectivity index (χ3n) is 11.8. The van der Waals surface area contributed by atoms with Crippen molar-refractivity contribution in [1.29, 1.82) is 0 Å². The Morgan fingerprint density at radius 3 is 2.49 bits per heavy atom. The van der Waals surface area contributed by atoms with E-state index >= 15 is 0 Å². The molecule has 0 spiro atoms. The first-order valence-electron chi connectivity index (χ1n) is 15.4. The molecule has 0 aromatic heterocycles. The Kier molecular flexibility index (Phi) is 8.40. The number of fused-ring (bicyclic) bond motifs is 5. The van der Waals surface area contributed by atoms with Crippen LogP contribution in [0.5, 0.6) is 0 Å². The molecule has 0 heterocycles. The molecule has 41 heavy (non-hydrogen) atoms. The van der Waals surface area contributed by atoms with Crippen LogP contribution in [-0.2, 0) is 19.2 Å². The molecule has 4 fully saturated rings. The van der Waals surface area contributed by atoms with Crippen molar-refractivity contribution < 1.29 is 39.6 Å². The maximum Gasteiger partial charge on any atom is 0.306 e. The second-order valence-electron chi connectivity index (χ2n) is 13.8. The highest BCUT2D eigenvalue weighted by Gasteiger charge is 2.68. The Morgan fingerprint density at radius 2 is 1.80 bits per heavy atom. The van der Waals surface area contributed by atoms with Crippen LogP contribution in [0.25, 0.3) is 0 Å². The fourth-order valence-electron chi connectivity index (χ4n) is 9.46. The van der Waals surface area contributed by atoms with E-state index in [1.54, 1.807) is 0 Å². The van der Waals surface area contributed by atoms with Crippen LogP contribution >= 0.6 is 0 Å². The van der Waals surface area contributed by atoms with Crippen molar-refractivity contribution in [3.8, 4) is 0 Å². The van der Waals surface area contributed by atoms with Gasteiger partial charge < -0.3 is 30.6 Å². The predicted molar refractivity (Wildman–Crippen MR) is 150 cm³/mol. The zero-order valence-corrected chi connectivity index (χ0v) is 24.3. The zero-order chi connectivity index (χ0) is 29.6. The van der Waals surface area contributed by atoms with E-state index in [0.29, 0.717) is 45.1 Å². The molecule has 5 aliphatic rings. The number of nitrogens with zero attached hydrogens (tertiary/aromatic N) is 1. The molecule has 228 valence electrons. The van der Waals surface area contributed by atoms with Crippen molar-refractivity contribution in [3.05, 3.63) is 11.6 Å². The summed E-state index contributed by atoms with van der Waals surface area (Å²) < 4.78 is 0. The van der Waals surface area contributed by atoms with Crippen LogP contribution < -0.4 is 5.32 Å². The number of carbonyl (C=O) groups excluding carboxylic acids is 2. The van der Waals surface area contributed by atoms with E-state index in [0.717, 1.165) is 37.8 Å². The molecule has 0 radical (unpaired) electrons. The molecular weight excluding hydrogens is 528 g/mol. The van der Waals surface area contributed by atoms with Crippen molar-refractivity contribution in [2.75, 3.05) is 19.8 Å². The molecular formula is C31H46N2O8. The standard InChI is InChI=1S/C31H46N2O8/c1-29-11-9-21(33-41-17-26(37)32-15-18-3-5-19(6-4-18)28(38)39)13-20(29)7-8-22-23-10-12-31(40,25(36)16-34)30(23,2)14-24(35)27(22)29/h13,18-19,22-24,27,34-35,40H,3-12,14-17H2,1-2H3,(H,32,37)(H,38,39)/b33-21+/t18?,19?,22-,23-,24-,27-,29-,30-,31-/m0/s1. The molecule has 10 nitrogen and oxygen atoms in total. The first kappa shape index (κ1) is 30.2. The number of aliphatic hydroxyl groups excluding tert-OH is 2. The van der Waals surface area contributed by atoms with E-state index in [4.69, 9.17) is 9.94 Å². The zero-order valence-electron chi connectivity index (χ0n) is 24.3. The van der Waals surface area contributed by atoms with Crippen LogP contribution in [0.2, 0.25) is 0 Å². The number of aliphatic hydroxyl groups is 3. The van der Waals surface area contributed by atoms with Gasteiger partial charge in [-0.15, -0.1) is 0 Å². The van der Waals surface area contributed by atoms with Crippen LogP contribution in [0.15, 0.2) is 16.8 Å². The molecule has 0 aromatic carbocycles. The minimum absolute atomic E-state index is 0.0194. The lowest BCUT2D eigenvalue weighted by molar-refractivity contribution is -0.181. The third kappa shape index (κ3) is 5.25. The normalized spacial score (nSPS) is 42.9. The smallest absolute Gasteiger partial charge is 0.306 e. The Labute approximate surface area is 241 Å². The largest absolute Gasteiger partial charge is 0.481 e. The third-order valence-corrected chi connectivity index (χ3v) is 11.8. The quantitative estimate of drug-likeness (QED) is 0.276. The number of carboxylic acids is 1. The summed E-state index contributed by atoms with van der Waals surface area (Å²) in [6, 6.07) is 0. The van der Waals surface area contributed by atoms with Gasteiger partial charge >= 0.3 is 5.97 Å². The van der Waals surface area contributed by atoms with E-state index in [9.17, 15) is 29.7 Å². The van der Waals surface area contributed by atoms with Crippen molar-refractivity contribution in [2.45, 2.75) is 96.2 Å². The Balaban J connectivity index is 1.17. The van der Waals surface area contributed by atoms with Gasteiger partial charge in [0.15, 0.2) is 12.4 Å². The maximum atomic E-state index is 12.6. The van der Waals surface area contributed by atoms with Gasteiger partial charge in [-0.2, -0.15) is 0 Å². The Hall–Kier alpha value is -2.30. The van der Waals surface area contributed by atoms with Gasteiger partial charge in [0.2, 0.25) is 0 Å². The number of hydrogen-bond acceptors (Lipinski definition) is 8. The van der Waals surface area contributed by atoms with Crippen LogP contribution in [0.1, 0.15) is 84.5 Å². The summed E-state index contributed by atoms with van der Waals surface area (Å²) in [6.45, 7) is 3.80. The molecule has 0 aliphatic heterocycles. The highest BCUT2D eigenvalue weighted by Crippen LogP contribution is 2.67. The maximum absolute atomic E-state index is 12.6. The van der Waals surface area contributed by atoms with Gasteiger partial charge in [0.25, 0.3) is 5.91 Å². The average molecular weight is 575 g/mol. The van der Waals surface area contributed by atoms with E-state index < -0.39 is 35.5 Å². The summed E-state index contributed by atoms with van der Waals surface area (Å²) in [5.41, 5.74) is -0.545. The highest BCUT2D eigenvalue weighted by atomic mass is 16.6. The van der Waals surface area contributed by atoms with Gasteiger partial charge in [0.05, 0.1) is 17.7 Å². The number of Topliss-reactive ketones (excluding diaryl/α,β-unsaturated/α-hetero) is 1. The molecule has 5 rings (SSSR count). The van der Waals surface area contributed by atoms with Crippen LogP contribution in [-0.4, -0.2) is 75.3 Å². The lowest BCUT2D eigenvalue weighted by Gasteiger charge is -2.60. The number of carboxylic acid groups (broad SMARTS) is 1. The van der Waals surface area contributed by atoms with Crippen LogP contribution in [0, 0.1) is 40.4 Å². The molecule has 7 atom stereocenters. The van der Waals surface area contributed by atoms with Crippen molar-refractivity contribution in [2.24, 2.45) is 45.6 Å². The molecule has 10 heteroatoms. The highest BCUT2D eigenvalue weighted by molar-refractivity contribution is 5.96. The van der Waals surface area contributed by atoms with Crippen molar-refractivity contribution in [1.82, 2.24) is 5.32 Å². The molecule has 0 saturated heterocycles. The average Bonchev–Trinajstić information content (AvgIpc) is 3.22. The summed E-state index contributed by atoms with van der Waals surface area (Å²) in [5, 5.41) is 48.7. The van der Waals surface area contributed by atoms with E-state index in [2.05, 4.69) is 23.5 Å². The molecule has 5 aliphatic carbocycles. The number of nitrogens with one attached hydrogen (secondary N) is 1. The predicted octanol–water partition coefficient (Wildman–Crippen LogP) is 2.59. The topological polar surface area (TPSA) is 166 Å². The van der Waals surface area contributed by atoms with E-state index in [1.165, 1.54) is 5.57 Å². The number of aliphatic carboxylic acids is 1. The summed E-state index contributed by atoms with van der Waals surface area (Å²) in [4.78, 5) is 41.4. The number of oxime groups is 1. The molecule has 0 bridgehead atoms. The van der Waals surface area contributed by atoms with Crippen molar-refractivity contribution in [3.63, 3.8) is 0 Å². The first-order valence-corrected chi connectivity index (χ1v) is 15.4. The van der Waals surface area contributed by atoms with Crippen LogP contribution in [0.4, 0.5) is 0 Å². The van der Waals surface area contributed by atoms with E-state index in [1.807, 2.05) is 6.92 Å². The molecule has 0 unspecified atom stereocenters. The molecule has 1 amide bonds. The van der Waals surface area contributed by atoms with Gasteiger partial charge in [-0.1, -0.05) is 24.6 Å². The Bertz CT molecular complexity index is 1110. The fraction of sp³-hybridized carbons (Fsp3) is 0.806. The van der Waals surface area contributed by atoms with Gasteiger partial charge in [0, 0.05) is 12.0 Å². The first-order chi connectivity index (χ1) is 19.4. The lowest BCUT2D eigenvalue weighted by Crippen LogP contribution is -2.62. The minimum atomic E-state index is -1.59. The molecule has 0 aromatic rings. The van der Waals surface area contributed by atoms with Crippen molar-refractivity contribution >= 4 is 23.4 Å². The summed E-state index contributed by atoms with van der Waals surface area (Å²) in [5.74, 6) is -1.18. The second kappa shape index (κ2) is 11.4. The SMILES string of the molecule is C[C@]12CC/C(=N\OCC(=O)NCC3CCC(C(=O)O)CC3)C=C1CC[C@@H]1[C@H]2[C@@H](O)C[C@@]2(C)[C@H]1CC[C@]2(O)C(=O)CO. The summed E-state index contributed by atoms with van der Waals surface area (Å²) in [7, 11) is 0. The lowest BCUT2D eigenvalue weighted by atomic mass is 9.45. The van der Waals surface area contributed by atoms with Gasteiger partial charge in [-0.3, -0.25) is 14.4 Å². The molecule has 5 N–H and O–H groups in total. The number of allylic oxidation sites excluding steroid dienone is 2. The monoisotopic (exact) mass is 574 g/mol. The fourth-order valence-corrected chi connectivity index (χ4v) is 9.46. The van der Waals surface area contributed by atoms with Gasteiger partial charge in [0.1, 0.15) is 12.2 Å².